The maximum absolute atomic E-state index is 12.9. The first-order valence-corrected chi connectivity index (χ1v) is 12.8. The zero-order valence-corrected chi connectivity index (χ0v) is 20.5. The highest BCUT2D eigenvalue weighted by Gasteiger charge is 2.23. The summed E-state index contributed by atoms with van der Waals surface area (Å²) in [6, 6.07) is 20.9. The molecular weight excluding hydrogens is 454 g/mol. The highest BCUT2D eigenvalue weighted by Crippen LogP contribution is 2.35. The van der Waals surface area contributed by atoms with Crippen molar-refractivity contribution in [3.05, 3.63) is 72.3 Å². The summed E-state index contributed by atoms with van der Waals surface area (Å²) in [6.45, 7) is 2.92. The number of fused-ring (bicyclic) bond motifs is 1. The SMILES string of the molecule is O=C(COc1ccccc1-c1ccccc1O)N1CCC(CCc2ccc3c(c2)OCCCO3)CC1. The lowest BCUT2D eigenvalue weighted by Gasteiger charge is -2.32. The van der Waals surface area contributed by atoms with Crippen LogP contribution < -0.4 is 14.2 Å². The number of nitrogens with zero attached hydrogens (tertiary/aromatic N) is 1. The van der Waals surface area contributed by atoms with E-state index in [-0.39, 0.29) is 18.3 Å². The second-order valence-electron chi connectivity index (χ2n) is 9.50. The number of likely N-dealkylation sites (tertiary alicyclic amines) is 1. The monoisotopic (exact) mass is 487 g/mol. The Balaban J connectivity index is 1.10. The minimum atomic E-state index is -0.00747. The molecule has 0 unspecified atom stereocenters. The standard InChI is InChI=1S/C30H33NO5/c32-26-8-3-1-6-24(26)25-7-2-4-9-27(25)36-21-30(33)31-16-14-22(15-17-31)10-11-23-12-13-28-29(20-23)35-19-5-18-34-28/h1-4,6-9,12-13,20,22,32H,5,10-11,14-19,21H2. The molecule has 3 aromatic rings. The molecule has 1 saturated heterocycles. The van der Waals surface area contributed by atoms with Crippen LogP contribution in [0, 0.1) is 5.92 Å². The summed E-state index contributed by atoms with van der Waals surface area (Å²) in [6.07, 6.45) is 5.03. The normalized spacial score (nSPS) is 15.8. The Labute approximate surface area is 212 Å². The van der Waals surface area contributed by atoms with Crippen molar-refractivity contribution in [1.82, 2.24) is 4.90 Å². The van der Waals surface area contributed by atoms with E-state index in [0.717, 1.165) is 62.3 Å². The summed E-state index contributed by atoms with van der Waals surface area (Å²) in [5.74, 6) is 3.09. The minimum absolute atomic E-state index is 0.00318. The molecule has 3 aromatic carbocycles. The Kier molecular flexibility index (Phi) is 7.60. The molecule has 6 heteroatoms. The third-order valence-electron chi connectivity index (χ3n) is 7.05. The molecule has 36 heavy (non-hydrogen) atoms. The van der Waals surface area contributed by atoms with Gasteiger partial charge in [-0.05, 0) is 61.4 Å². The van der Waals surface area contributed by atoms with Crippen molar-refractivity contribution in [3.63, 3.8) is 0 Å². The van der Waals surface area contributed by atoms with Crippen molar-refractivity contribution in [2.24, 2.45) is 5.92 Å². The van der Waals surface area contributed by atoms with Crippen LogP contribution in [0.3, 0.4) is 0 Å². The van der Waals surface area contributed by atoms with Crippen LogP contribution in [0.15, 0.2) is 66.7 Å². The number of carbonyl (C=O) groups excluding carboxylic acids is 1. The van der Waals surface area contributed by atoms with Crippen LogP contribution in [0.5, 0.6) is 23.0 Å². The molecule has 1 N–H and O–H groups in total. The van der Waals surface area contributed by atoms with E-state index < -0.39 is 0 Å². The zero-order valence-electron chi connectivity index (χ0n) is 20.5. The maximum Gasteiger partial charge on any atom is 0.260 e. The molecule has 2 aliphatic heterocycles. The number of phenolic OH excluding ortho intramolecular Hbond substituents is 1. The molecular formula is C30H33NO5. The maximum atomic E-state index is 12.9. The van der Waals surface area contributed by atoms with E-state index in [1.54, 1.807) is 12.1 Å². The van der Waals surface area contributed by atoms with E-state index in [4.69, 9.17) is 14.2 Å². The van der Waals surface area contributed by atoms with Gasteiger partial charge < -0.3 is 24.2 Å². The first-order chi connectivity index (χ1) is 17.7. The van der Waals surface area contributed by atoms with E-state index in [0.29, 0.717) is 30.4 Å². The largest absolute Gasteiger partial charge is 0.507 e. The van der Waals surface area contributed by atoms with Crippen LogP contribution in [0.25, 0.3) is 11.1 Å². The van der Waals surface area contributed by atoms with Gasteiger partial charge in [-0.15, -0.1) is 0 Å². The van der Waals surface area contributed by atoms with Gasteiger partial charge in [-0.25, -0.2) is 0 Å². The van der Waals surface area contributed by atoms with Gasteiger partial charge in [0.25, 0.3) is 5.91 Å². The number of hydrogen-bond acceptors (Lipinski definition) is 5. The molecule has 0 saturated carbocycles. The lowest BCUT2D eigenvalue weighted by molar-refractivity contribution is -0.134. The number of phenols is 1. The fourth-order valence-corrected chi connectivity index (χ4v) is 4.95. The van der Waals surface area contributed by atoms with Crippen LogP contribution >= 0.6 is 0 Å². The quantitative estimate of drug-likeness (QED) is 0.479. The minimum Gasteiger partial charge on any atom is -0.507 e. The molecule has 0 spiro atoms. The molecule has 1 fully saturated rings. The Hall–Kier alpha value is -3.67. The first kappa shape index (κ1) is 24.0. The van der Waals surface area contributed by atoms with Crippen molar-refractivity contribution in [2.45, 2.75) is 32.1 Å². The lowest BCUT2D eigenvalue weighted by atomic mass is 9.90. The predicted octanol–water partition coefficient (Wildman–Crippen LogP) is 5.47. The number of aryl methyl sites for hydroxylation is 1. The molecule has 0 radical (unpaired) electrons. The highest BCUT2D eigenvalue weighted by molar-refractivity contribution is 5.79. The molecule has 188 valence electrons. The number of rotatable bonds is 7. The van der Waals surface area contributed by atoms with Gasteiger partial charge >= 0.3 is 0 Å². The molecule has 2 aliphatic rings. The van der Waals surface area contributed by atoms with Gasteiger partial charge in [-0.3, -0.25) is 4.79 Å². The van der Waals surface area contributed by atoms with Crippen molar-refractivity contribution in [3.8, 4) is 34.1 Å². The summed E-state index contributed by atoms with van der Waals surface area (Å²) in [4.78, 5) is 14.8. The van der Waals surface area contributed by atoms with Gasteiger partial charge in [0.2, 0.25) is 0 Å². The number of para-hydroxylation sites is 2. The highest BCUT2D eigenvalue weighted by atomic mass is 16.5. The molecule has 5 rings (SSSR count). The van der Waals surface area contributed by atoms with Crippen molar-refractivity contribution >= 4 is 5.91 Å². The lowest BCUT2D eigenvalue weighted by Crippen LogP contribution is -2.41. The topological polar surface area (TPSA) is 68.2 Å². The van der Waals surface area contributed by atoms with Gasteiger partial charge in [-0.2, -0.15) is 0 Å². The van der Waals surface area contributed by atoms with Crippen LogP contribution in [-0.4, -0.2) is 48.8 Å². The average Bonchev–Trinajstić information content (AvgIpc) is 3.16. The van der Waals surface area contributed by atoms with Crippen molar-refractivity contribution < 1.29 is 24.1 Å². The zero-order chi connectivity index (χ0) is 24.7. The fourth-order valence-electron chi connectivity index (χ4n) is 4.95. The summed E-state index contributed by atoms with van der Waals surface area (Å²) in [7, 11) is 0. The molecule has 1 amide bonds. The third kappa shape index (κ3) is 5.76. The number of piperidine rings is 1. The molecule has 0 atom stereocenters. The summed E-state index contributed by atoms with van der Waals surface area (Å²) >= 11 is 0. The number of benzene rings is 3. The van der Waals surface area contributed by atoms with Crippen LogP contribution in [0.2, 0.25) is 0 Å². The number of amides is 1. The Morgan fingerprint density at radius 1 is 0.917 bits per heavy atom. The van der Waals surface area contributed by atoms with Gasteiger partial charge in [0.1, 0.15) is 11.5 Å². The van der Waals surface area contributed by atoms with Crippen LogP contribution in [-0.2, 0) is 11.2 Å². The van der Waals surface area contributed by atoms with Crippen molar-refractivity contribution in [1.29, 1.82) is 0 Å². The smallest absolute Gasteiger partial charge is 0.260 e. The molecule has 0 aliphatic carbocycles. The number of ether oxygens (including phenoxy) is 3. The number of aromatic hydroxyl groups is 1. The van der Waals surface area contributed by atoms with Gasteiger partial charge in [0.15, 0.2) is 18.1 Å². The van der Waals surface area contributed by atoms with E-state index in [1.165, 1.54) is 5.56 Å². The second kappa shape index (κ2) is 11.4. The fraction of sp³-hybridized carbons (Fsp3) is 0.367. The number of hydrogen-bond donors (Lipinski definition) is 1. The van der Waals surface area contributed by atoms with Crippen LogP contribution in [0.1, 0.15) is 31.2 Å². The van der Waals surface area contributed by atoms with E-state index in [2.05, 4.69) is 12.1 Å². The number of carbonyl (C=O) groups is 1. The molecule has 2 heterocycles. The summed E-state index contributed by atoms with van der Waals surface area (Å²) in [5.41, 5.74) is 2.74. The third-order valence-corrected chi connectivity index (χ3v) is 7.05. The summed E-state index contributed by atoms with van der Waals surface area (Å²) < 4.78 is 17.5. The molecule has 6 nitrogen and oxygen atoms in total. The Morgan fingerprint density at radius 3 is 2.44 bits per heavy atom. The van der Waals surface area contributed by atoms with Crippen LogP contribution in [0.4, 0.5) is 0 Å². The van der Waals surface area contributed by atoms with Gasteiger partial charge in [0, 0.05) is 30.6 Å². The summed E-state index contributed by atoms with van der Waals surface area (Å²) in [5, 5.41) is 10.2. The molecule has 0 bridgehead atoms. The predicted molar refractivity (Wildman–Crippen MR) is 139 cm³/mol. The second-order valence-corrected chi connectivity index (χ2v) is 9.50. The van der Waals surface area contributed by atoms with E-state index >= 15 is 0 Å². The average molecular weight is 488 g/mol. The Morgan fingerprint density at radius 2 is 1.64 bits per heavy atom. The van der Waals surface area contributed by atoms with Crippen molar-refractivity contribution in [2.75, 3.05) is 32.9 Å². The Bertz CT molecular complexity index is 1190. The van der Waals surface area contributed by atoms with Gasteiger partial charge in [-0.1, -0.05) is 42.5 Å². The van der Waals surface area contributed by atoms with E-state index in [1.807, 2.05) is 47.4 Å². The molecule has 0 aromatic heterocycles. The van der Waals surface area contributed by atoms with Gasteiger partial charge in [0.05, 0.1) is 13.2 Å². The van der Waals surface area contributed by atoms with E-state index in [9.17, 15) is 9.90 Å². The first-order valence-electron chi connectivity index (χ1n) is 12.8.